The van der Waals surface area contributed by atoms with Crippen molar-refractivity contribution in [3.8, 4) is 16.8 Å². The molecule has 3 aliphatic heterocycles. The van der Waals surface area contributed by atoms with Crippen LogP contribution in [0.1, 0.15) is 83.5 Å². The molecule has 1 aliphatic carbocycles. The van der Waals surface area contributed by atoms with Crippen molar-refractivity contribution in [1.82, 2.24) is 29.2 Å². The Labute approximate surface area is 432 Å². The fourth-order valence-corrected chi connectivity index (χ4v) is 10.6. The number of hydrogen-bond donors (Lipinski definition) is 3. The summed E-state index contributed by atoms with van der Waals surface area (Å²) < 4.78 is 29.8. The second kappa shape index (κ2) is 22.6. The van der Waals surface area contributed by atoms with Crippen LogP contribution in [-0.2, 0) is 50.5 Å². The van der Waals surface area contributed by atoms with Crippen molar-refractivity contribution in [2.75, 3.05) is 69.4 Å². The largest absolute Gasteiger partial charge is 0.392 e. The Morgan fingerprint density at radius 3 is 2.45 bits per heavy atom. The molecule has 3 aromatic carbocycles. The Morgan fingerprint density at radius 2 is 1.68 bits per heavy atom. The van der Waals surface area contributed by atoms with Crippen LogP contribution >= 0.6 is 0 Å². The van der Waals surface area contributed by atoms with E-state index in [0.29, 0.717) is 104 Å². The van der Waals surface area contributed by atoms with Crippen LogP contribution in [0.4, 0.5) is 21.6 Å². The van der Waals surface area contributed by atoms with Crippen LogP contribution in [0.15, 0.2) is 101 Å². The lowest BCUT2D eigenvalue weighted by Crippen LogP contribution is -2.52. The Bertz CT molecular complexity index is 3270. The number of carbonyl (C=O) groups is 4. The Morgan fingerprint density at radius 1 is 0.880 bits per heavy atom. The van der Waals surface area contributed by atoms with Gasteiger partial charge in [-0.15, -0.1) is 0 Å². The predicted octanol–water partition coefficient (Wildman–Crippen LogP) is 5.90. The molecule has 0 radical (unpaired) electrons. The molecule has 0 bridgehead atoms. The van der Waals surface area contributed by atoms with Crippen LogP contribution in [0, 0.1) is 5.82 Å². The van der Waals surface area contributed by atoms with Gasteiger partial charge in [-0.05, 0) is 115 Å². The molecule has 4 aliphatic rings. The van der Waals surface area contributed by atoms with Crippen LogP contribution < -0.4 is 26.7 Å². The topological polar surface area (TPSA) is 198 Å². The fourth-order valence-electron chi connectivity index (χ4n) is 10.6. The molecule has 10 rings (SSSR count). The standard InChI is InChI=1S/C57H61FN8O9/c1-62-32-40(43-9-3-11-49(46(43)34-67)65-19-18-38-28-39(36-12-13-36)29-47(58)53(38)57(65)73)30-48(56(62)72)60-51-16-14-41(31-59-51)64-22-20-63(21-23-64)24-27-74-25-5-8-42(68)35-75-26-4-7-37-6-2-10-44-45(37)33-66(55(44)71)50-15-17-52(69)61-54(50)70/h2-3,6,9-11,14,16,18-19,28-32,36,50,67H,4-5,7-8,12-13,15,17,20-27,33-35H2,1H3,(H,59,60)(H,61,69,70). The van der Waals surface area contributed by atoms with E-state index in [0.717, 1.165) is 67.9 Å². The van der Waals surface area contributed by atoms with Gasteiger partial charge >= 0.3 is 0 Å². The molecule has 1 saturated carbocycles. The number of halogens is 1. The average Bonchev–Trinajstić information content (AvgIpc) is 4.22. The van der Waals surface area contributed by atoms with E-state index in [-0.39, 0.29) is 47.3 Å². The number of fused-ring (bicyclic) bond motifs is 2. The summed E-state index contributed by atoms with van der Waals surface area (Å²) in [5.41, 5.74) is 5.94. The number of piperidine rings is 1. The molecule has 3 fully saturated rings. The number of aryl methyl sites for hydroxylation is 2. The Kier molecular flexibility index (Phi) is 15.4. The van der Waals surface area contributed by atoms with Crippen LogP contribution in [-0.4, -0.2) is 118 Å². The maximum Gasteiger partial charge on any atom is 0.274 e. The highest BCUT2D eigenvalue weighted by atomic mass is 19.1. The number of imide groups is 1. The van der Waals surface area contributed by atoms with E-state index in [1.54, 1.807) is 60.9 Å². The van der Waals surface area contributed by atoms with Gasteiger partial charge in [-0.2, -0.15) is 0 Å². The third-order valence-corrected chi connectivity index (χ3v) is 14.8. The molecule has 3 aromatic heterocycles. The number of piperazine rings is 1. The summed E-state index contributed by atoms with van der Waals surface area (Å²) in [5.74, 6) is -0.655. The molecule has 390 valence electrons. The van der Waals surface area contributed by atoms with Gasteiger partial charge in [-0.1, -0.05) is 30.3 Å². The SMILES string of the molecule is Cn1cc(-c2cccc(-n3ccc4cc(C5CC5)cc(F)c4c3=O)c2CO)cc(Nc2ccc(N3CCN(CCOCCCC(=O)COCCCc4cccc5c4CN(C4CCC(=O)NC4=O)C5=O)CC3)cn2)c1=O. The maximum absolute atomic E-state index is 15.4. The minimum absolute atomic E-state index is 0.000142. The van der Waals surface area contributed by atoms with Gasteiger partial charge in [-0.3, -0.25) is 43.6 Å². The van der Waals surface area contributed by atoms with Gasteiger partial charge in [0.25, 0.3) is 17.0 Å². The summed E-state index contributed by atoms with van der Waals surface area (Å²) in [6.07, 6.45) is 9.97. The lowest BCUT2D eigenvalue weighted by atomic mass is 9.98. The highest BCUT2D eigenvalue weighted by molar-refractivity contribution is 6.05. The molecular formula is C57H61FN8O9. The van der Waals surface area contributed by atoms with Gasteiger partial charge in [-0.25, -0.2) is 9.37 Å². The van der Waals surface area contributed by atoms with Gasteiger partial charge in [0.2, 0.25) is 11.8 Å². The molecule has 3 amide bonds. The molecule has 0 spiro atoms. The number of ether oxygens (including phenoxy) is 2. The number of amides is 3. The normalized spacial score (nSPS) is 16.9. The number of ketones is 1. The summed E-state index contributed by atoms with van der Waals surface area (Å²) in [7, 11) is 1.65. The second-order valence-corrected chi connectivity index (χ2v) is 19.9. The third-order valence-electron chi connectivity index (χ3n) is 14.8. The smallest absolute Gasteiger partial charge is 0.274 e. The molecule has 3 N–H and O–H groups in total. The van der Waals surface area contributed by atoms with Crippen molar-refractivity contribution >= 4 is 51.5 Å². The van der Waals surface area contributed by atoms with Gasteiger partial charge < -0.3 is 34.3 Å². The number of nitrogens with one attached hydrogen (secondary N) is 2. The monoisotopic (exact) mass is 1020 g/mol. The summed E-state index contributed by atoms with van der Waals surface area (Å²) in [5, 5.41) is 16.8. The number of anilines is 3. The van der Waals surface area contributed by atoms with Crippen LogP contribution in [0.3, 0.4) is 0 Å². The summed E-state index contributed by atoms with van der Waals surface area (Å²) in [6, 6.07) is 20.8. The maximum atomic E-state index is 15.4. The van der Waals surface area contributed by atoms with Crippen LogP contribution in [0.2, 0.25) is 0 Å². The lowest BCUT2D eigenvalue weighted by Gasteiger charge is -2.35. The summed E-state index contributed by atoms with van der Waals surface area (Å²) in [4.78, 5) is 87.7. The lowest BCUT2D eigenvalue weighted by molar-refractivity contribution is -0.137. The van der Waals surface area contributed by atoms with Crippen molar-refractivity contribution < 1.29 is 38.1 Å². The Hall–Kier alpha value is -7.38. The van der Waals surface area contributed by atoms with Gasteiger partial charge in [0, 0.05) is 101 Å². The number of rotatable bonds is 21. The zero-order chi connectivity index (χ0) is 52.2. The minimum atomic E-state index is -0.654. The fraction of sp³-hybridized carbons (Fsp3) is 0.386. The Balaban J connectivity index is 0.639. The van der Waals surface area contributed by atoms with Crippen molar-refractivity contribution in [3.63, 3.8) is 0 Å². The molecule has 2 saturated heterocycles. The van der Waals surface area contributed by atoms with Gasteiger partial charge in [0.05, 0.1) is 36.2 Å². The number of pyridine rings is 3. The zero-order valence-corrected chi connectivity index (χ0v) is 42.0. The van der Waals surface area contributed by atoms with Crippen molar-refractivity contribution in [2.24, 2.45) is 7.05 Å². The third kappa shape index (κ3) is 11.3. The molecule has 6 heterocycles. The van der Waals surface area contributed by atoms with E-state index in [1.807, 2.05) is 36.4 Å². The minimum Gasteiger partial charge on any atom is -0.392 e. The zero-order valence-electron chi connectivity index (χ0n) is 42.0. The quantitative estimate of drug-likeness (QED) is 0.0570. The first-order valence-corrected chi connectivity index (χ1v) is 25.9. The molecule has 6 aromatic rings. The molecule has 75 heavy (non-hydrogen) atoms. The van der Waals surface area contributed by atoms with E-state index in [4.69, 9.17) is 9.47 Å². The molecule has 17 nitrogen and oxygen atoms in total. The number of carbonyl (C=O) groups excluding carboxylic acids is 4. The highest BCUT2D eigenvalue weighted by Gasteiger charge is 2.39. The first-order chi connectivity index (χ1) is 36.4. The van der Waals surface area contributed by atoms with Gasteiger partial charge in [0.15, 0.2) is 5.78 Å². The molecule has 18 heteroatoms. The molecular weight excluding hydrogens is 960 g/mol. The number of Topliss-reactive ketones (excluding diaryl/α,β-unsaturated/α-hetero) is 1. The van der Waals surface area contributed by atoms with Crippen LogP contribution in [0.5, 0.6) is 0 Å². The van der Waals surface area contributed by atoms with Crippen LogP contribution in [0.25, 0.3) is 27.6 Å². The number of aromatic nitrogens is 3. The predicted molar refractivity (Wildman–Crippen MR) is 281 cm³/mol. The van der Waals surface area contributed by atoms with Crippen molar-refractivity contribution in [3.05, 3.63) is 146 Å². The summed E-state index contributed by atoms with van der Waals surface area (Å²) in [6.45, 7) is 5.48. The first-order valence-electron chi connectivity index (χ1n) is 25.9. The van der Waals surface area contributed by atoms with Crippen molar-refractivity contribution in [1.29, 1.82) is 0 Å². The highest BCUT2D eigenvalue weighted by Crippen LogP contribution is 2.41. The molecule has 1 unspecified atom stereocenters. The second-order valence-electron chi connectivity index (χ2n) is 19.9. The number of benzene rings is 3. The number of aliphatic hydroxyl groups excluding tert-OH is 1. The van der Waals surface area contributed by atoms with E-state index in [2.05, 4.69) is 25.4 Å². The number of hydrogen-bond acceptors (Lipinski definition) is 13. The summed E-state index contributed by atoms with van der Waals surface area (Å²) >= 11 is 0. The number of nitrogens with zero attached hydrogens (tertiary/aromatic N) is 6. The van der Waals surface area contributed by atoms with Crippen molar-refractivity contribution in [2.45, 2.75) is 76.5 Å². The van der Waals surface area contributed by atoms with E-state index >= 15 is 4.39 Å². The van der Waals surface area contributed by atoms with E-state index in [9.17, 15) is 33.9 Å². The van der Waals surface area contributed by atoms with E-state index in [1.165, 1.54) is 15.2 Å². The first kappa shape index (κ1) is 51.1. The van der Waals surface area contributed by atoms with E-state index < -0.39 is 29.9 Å². The molecule has 1 atom stereocenters. The average molecular weight is 1020 g/mol. The number of aliphatic hydroxyl groups is 1. The van der Waals surface area contributed by atoms with Gasteiger partial charge in [0.1, 0.15) is 30.0 Å².